The maximum absolute atomic E-state index is 12.8. The minimum atomic E-state index is -4.33. The van der Waals surface area contributed by atoms with E-state index < -0.39 is 33.3 Å². The second-order valence-electron chi connectivity index (χ2n) is 6.78. The molecule has 6 nitrogen and oxygen atoms in total. The van der Waals surface area contributed by atoms with Gasteiger partial charge in [-0.15, -0.1) is 0 Å². The zero-order valence-electron chi connectivity index (χ0n) is 15.2. The van der Waals surface area contributed by atoms with Gasteiger partial charge in [0.1, 0.15) is 11.5 Å². The summed E-state index contributed by atoms with van der Waals surface area (Å²) in [6.07, 6.45) is -2.20. The summed E-state index contributed by atoms with van der Waals surface area (Å²) in [7, 11) is -4.12. The Morgan fingerprint density at radius 2 is 1.76 bits per heavy atom. The molecule has 0 spiro atoms. The van der Waals surface area contributed by atoms with E-state index >= 15 is 0 Å². The number of alkyl halides is 3. The summed E-state index contributed by atoms with van der Waals surface area (Å²) in [6, 6.07) is 9.33. The molecule has 1 aliphatic carbocycles. The Kier molecular flexibility index (Phi) is 6.11. The Bertz CT molecular complexity index is 957. The molecule has 1 N–H and O–H groups in total. The summed E-state index contributed by atoms with van der Waals surface area (Å²) in [5.41, 5.74) is -0.0103. The van der Waals surface area contributed by atoms with Crippen molar-refractivity contribution >= 4 is 15.9 Å². The van der Waals surface area contributed by atoms with E-state index in [4.69, 9.17) is 4.74 Å². The van der Waals surface area contributed by atoms with Gasteiger partial charge in [-0.05, 0) is 49.9 Å². The summed E-state index contributed by atoms with van der Waals surface area (Å²) in [5.74, 6) is -1.91. The minimum Gasteiger partial charge on any atom is -0.455 e. The Labute approximate surface area is 166 Å². The van der Waals surface area contributed by atoms with Gasteiger partial charge in [0, 0.05) is 6.20 Å². The number of rotatable bonds is 5. The van der Waals surface area contributed by atoms with Crippen LogP contribution in [-0.4, -0.2) is 30.7 Å². The lowest BCUT2D eigenvalue weighted by Crippen LogP contribution is -2.41. The number of carbonyl (C=O) groups is 1. The fourth-order valence-electron chi connectivity index (χ4n) is 3.25. The largest absolute Gasteiger partial charge is 0.455 e. The molecule has 1 saturated carbocycles. The number of sulfonamides is 1. The van der Waals surface area contributed by atoms with Gasteiger partial charge in [0.2, 0.25) is 10.0 Å². The number of pyridine rings is 1. The van der Waals surface area contributed by atoms with Gasteiger partial charge in [-0.3, -0.25) is 9.78 Å². The van der Waals surface area contributed by atoms with E-state index in [-0.39, 0.29) is 37.0 Å². The predicted octanol–water partition coefficient (Wildman–Crippen LogP) is 4.05. The van der Waals surface area contributed by atoms with Crippen molar-refractivity contribution in [3.63, 3.8) is 0 Å². The first-order chi connectivity index (χ1) is 13.7. The van der Waals surface area contributed by atoms with Crippen LogP contribution in [0.25, 0.3) is 0 Å². The van der Waals surface area contributed by atoms with Crippen LogP contribution in [0.2, 0.25) is 0 Å². The highest BCUT2D eigenvalue weighted by Gasteiger charge is 2.44. The molecule has 0 bridgehead atoms. The molecule has 2 aromatic rings. The lowest BCUT2D eigenvalue weighted by Gasteiger charge is -2.29. The molecule has 156 valence electrons. The van der Waals surface area contributed by atoms with Gasteiger partial charge in [-0.25, -0.2) is 13.1 Å². The molecular formula is C19H19F3N2O4S. The van der Waals surface area contributed by atoms with Gasteiger partial charge in [0.05, 0.1) is 22.9 Å². The van der Waals surface area contributed by atoms with Crippen LogP contribution in [0.4, 0.5) is 13.2 Å². The molecule has 1 aromatic carbocycles. The average molecular weight is 428 g/mol. The summed E-state index contributed by atoms with van der Waals surface area (Å²) in [5, 5.41) is -1.04. The Balaban J connectivity index is 1.70. The summed E-state index contributed by atoms with van der Waals surface area (Å²) >= 11 is 0. The third kappa shape index (κ3) is 5.26. The number of amides is 1. The molecule has 0 unspecified atom stereocenters. The molecule has 29 heavy (non-hydrogen) atoms. The van der Waals surface area contributed by atoms with Crippen molar-refractivity contribution in [1.82, 2.24) is 9.71 Å². The molecule has 0 saturated heterocycles. The maximum Gasteiger partial charge on any atom is 0.391 e. The summed E-state index contributed by atoms with van der Waals surface area (Å²) in [4.78, 5) is 16.5. The van der Waals surface area contributed by atoms with Crippen LogP contribution in [0.3, 0.4) is 0 Å². The highest BCUT2D eigenvalue weighted by molar-refractivity contribution is 7.90. The fourth-order valence-corrected chi connectivity index (χ4v) is 4.67. The van der Waals surface area contributed by atoms with Crippen LogP contribution >= 0.6 is 0 Å². The van der Waals surface area contributed by atoms with Crippen molar-refractivity contribution in [3.05, 3.63) is 54.4 Å². The van der Waals surface area contributed by atoms with E-state index in [9.17, 15) is 26.4 Å². The highest BCUT2D eigenvalue weighted by Crippen LogP contribution is 2.39. The van der Waals surface area contributed by atoms with E-state index in [1.807, 2.05) is 4.72 Å². The number of halogens is 3. The van der Waals surface area contributed by atoms with Crippen LogP contribution in [-0.2, 0) is 10.0 Å². The molecule has 0 aliphatic heterocycles. The standard InChI is InChI=1S/C19H19F3N2O4S/c20-19(21,22)13-7-9-15(10-8-13)29(26,27)24-18(25)16-5-1-2-6-17(16)28-14-4-3-11-23-12-14/h1-6,11-13,15H,7-10H2,(H,24,25). The van der Waals surface area contributed by atoms with Crippen molar-refractivity contribution in [2.24, 2.45) is 5.92 Å². The van der Waals surface area contributed by atoms with Crippen LogP contribution in [0.1, 0.15) is 36.0 Å². The third-order valence-corrected chi connectivity index (χ3v) is 6.62. The number of aromatic nitrogens is 1. The molecule has 1 heterocycles. The molecule has 1 aromatic heterocycles. The second kappa shape index (κ2) is 8.40. The van der Waals surface area contributed by atoms with Gasteiger partial charge in [0.25, 0.3) is 5.91 Å². The zero-order valence-corrected chi connectivity index (χ0v) is 16.0. The number of nitrogens with one attached hydrogen (secondary N) is 1. The van der Waals surface area contributed by atoms with Crippen molar-refractivity contribution in [1.29, 1.82) is 0 Å². The smallest absolute Gasteiger partial charge is 0.391 e. The normalized spacial score (nSPS) is 20.1. The topological polar surface area (TPSA) is 85.4 Å². The van der Waals surface area contributed by atoms with Crippen molar-refractivity contribution in [3.8, 4) is 11.5 Å². The second-order valence-corrected chi connectivity index (χ2v) is 8.74. The molecule has 0 atom stereocenters. The monoisotopic (exact) mass is 428 g/mol. The lowest BCUT2D eigenvalue weighted by molar-refractivity contribution is -0.181. The Hall–Kier alpha value is -2.62. The summed E-state index contributed by atoms with van der Waals surface area (Å²) < 4.78 is 71.0. The number of nitrogens with zero attached hydrogens (tertiary/aromatic N) is 1. The van der Waals surface area contributed by atoms with Crippen molar-refractivity contribution in [2.75, 3.05) is 0 Å². The van der Waals surface area contributed by atoms with Gasteiger partial charge < -0.3 is 4.74 Å². The Morgan fingerprint density at radius 3 is 2.38 bits per heavy atom. The molecule has 0 radical (unpaired) electrons. The van der Waals surface area contributed by atoms with Crippen LogP contribution in [0.5, 0.6) is 11.5 Å². The SMILES string of the molecule is O=C(NS(=O)(=O)C1CCC(C(F)(F)F)CC1)c1ccccc1Oc1cccnc1. The third-order valence-electron chi connectivity index (χ3n) is 4.80. The van der Waals surface area contributed by atoms with Crippen molar-refractivity contribution < 1.29 is 31.1 Å². The number of carbonyl (C=O) groups excluding carboxylic acids is 1. The predicted molar refractivity (Wildman–Crippen MR) is 98.9 cm³/mol. The van der Waals surface area contributed by atoms with Gasteiger partial charge in [-0.1, -0.05) is 12.1 Å². The van der Waals surface area contributed by atoms with E-state index in [1.54, 1.807) is 30.5 Å². The van der Waals surface area contributed by atoms with Gasteiger partial charge >= 0.3 is 6.18 Å². The highest BCUT2D eigenvalue weighted by atomic mass is 32.2. The van der Waals surface area contributed by atoms with Gasteiger partial charge in [-0.2, -0.15) is 13.2 Å². The molecule has 1 fully saturated rings. The molecule has 10 heteroatoms. The first-order valence-electron chi connectivity index (χ1n) is 8.96. The van der Waals surface area contributed by atoms with Crippen LogP contribution in [0.15, 0.2) is 48.8 Å². The van der Waals surface area contributed by atoms with E-state index in [0.29, 0.717) is 5.75 Å². The number of ether oxygens (including phenoxy) is 1. The summed E-state index contributed by atoms with van der Waals surface area (Å²) in [6.45, 7) is 0. The van der Waals surface area contributed by atoms with Crippen LogP contribution < -0.4 is 9.46 Å². The maximum atomic E-state index is 12.8. The number of hydrogen-bond donors (Lipinski definition) is 1. The van der Waals surface area contributed by atoms with E-state index in [1.165, 1.54) is 18.3 Å². The van der Waals surface area contributed by atoms with Crippen molar-refractivity contribution in [2.45, 2.75) is 37.1 Å². The van der Waals surface area contributed by atoms with Gasteiger partial charge in [0.15, 0.2) is 0 Å². The average Bonchev–Trinajstić information content (AvgIpc) is 2.68. The zero-order chi connectivity index (χ0) is 21.1. The Morgan fingerprint density at radius 1 is 1.07 bits per heavy atom. The lowest BCUT2D eigenvalue weighted by atomic mass is 9.88. The molecule has 1 amide bonds. The molecule has 1 aliphatic rings. The first-order valence-corrected chi connectivity index (χ1v) is 10.5. The van der Waals surface area contributed by atoms with E-state index in [2.05, 4.69) is 4.98 Å². The quantitative estimate of drug-likeness (QED) is 0.777. The van der Waals surface area contributed by atoms with E-state index in [0.717, 1.165) is 0 Å². The number of hydrogen-bond acceptors (Lipinski definition) is 5. The number of benzene rings is 1. The fraction of sp³-hybridized carbons (Fsp3) is 0.368. The minimum absolute atomic E-state index is 0.0103. The first kappa shape index (κ1) is 21.1. The van der Waals surface area contributed by atoms with Crippen LogP contribution in [0, 0.1) is 5.92 Å². The molecular weight excluding hydrogens is 409 g/mol. The molecule has 3 rings (SSSR count). The number of para-hydroxylation sites is 1.